The lowest BCUT2D eigenvalue weighted by Crippen LogP contribution is -2.25. The van der Waals surface area contributed by atoms with Crippen molar-refractivity contribution in [2.24, 2.45) is 5.73 Å². The molecule has 0 radical (unpaired) electrons. The number of hydrogen-bond donors (Lipinski definition) is 1. The SMILES string of the molecule is NCCS(=O)(=O)OC1CCCCC1. The van der Waals surface area contributed by atoms with E-state index < -0.39 is 10.1 Å². The van der Waals surface area contributed by atoms with Crippen LogP contribution in [0.25, 0.3) is 0 Å². The van der Waals surface area contributed by atoms with Crippen molar-refractivity contribution in [2.75, 3.05) is 12.3 Å². The second-order valence-electron chi connectivity index (χ2n) is 3.41. The zero-order chi connectivity index (χ0) is 9.73. The van der Waals surface area contributed by atoms with Crippen LogP contribution in [0, 0.1) is 0 Å². The van der Waals surface area contributed by atoms with Crippen molar-refractivity contribution in [3.8, 4) is 0 Å². The van der Waals surface area contributed by atoms with E-state index in [2.05, 4.69) is 0 Å². The van der Waals surface area contributed by atoms with Gasteiger partial charge >= 0.3 is 0 Å². The molecule has 78 valence electrons. The Balaban J connectivity index is 2.37. The molecule has 0 aromatic rings. The molecule has 0 aromatic carbocycles. The topological polar surface area (TPSA) is 69.4 Å². The third kappa shape index (κ3) is 4.06. The van der Waals surface area contributed by atoms with Gasteiger partial charge in [-0.2, -0.15) is 8.42 Å². The van der Waals surface area contributed by atoms with Crippen LogP contribution in [0.4, 0.5) is 0 Å². The Morgan fingerprint density at radius 3 is 2.38 bits per heavy atom. The Kier molecular flexibility index (Phi) is 4.15. The lowest BCUT2D eigenvalue weighted by Gasteiger charge is -2.21. The molecule has 0 spiro atoms. The van der Waals surface area contributed by atoms with Crippen LogP contribution in [0.15, 0.2) is 0 Å². The lowest BCUT2D eigenvalue weighted by molar-refractivity contribution is 0.162. The fourth-order valence-electron chi connectivity index (χ4n) is 1.56. The minimum Gasteiger partial charge on any atom is -0.329 e. The Labute approximate surface area is 79.6 Å². The molecule has 0 unspecified atom stereocenters. The highest BCUT2D eigenvalue weighted by molar-refractivity contribution is 7.86. The summed E-state index contributed by atoms with van der Waals surface area (Å²) in [5.41, 5.74) is 5.16. The molecule has 0 aliphatic heterocycles. The van der Waals surface area contributed by atoms with Crippen LogP contribution < -0.4 is 5.73 Å². The van der Waals surface area contributed by atoms with E-state index in [0.717, 1.165) is 25.7 Å². The maximum atomic E-state index is 11.2. The highest BCUT2D eigenvalue weighted by atomic mass is 32.2. The molecule has 0 heterocycles. The molecule has 0 saturated heterocycles. The van der Waals surface area contributed by atoms with Gasteiger partial charge in [0.25, 0.3) is 10.1 Å². The average Bonchev–Trinajstić information content (AvgIpc) is 2.04. The van der Waals surface area contributed by atoms with Crippen molar-refractivity contribution >= 4 is 10.1 Å². The number of hydrogen-bond acceptors (Lipinski definition) is 4. The smallest absolute Gasteiger partial charge is 0.268 e. The summed E-state index contributed by atoms with van der Waals surface area (Å²) in [6.07, 6.45) is 4.97. The minimum absolute atomic E-state index is 0.0660. The number of nitrogens with two attached hydrogens (primary N) is 1. The largest absolute Gasteiger partial charge is 0.329 e. The molecule has 0 bridgehead atoms. The van der Waals surface area contributed by atoms with Crippen LogP contribution in [-0.2, 0) is 14.3 Å². The van der Waals surface area contributed by atoms with Gasteiger partial charge in [0.05, 0.1) is 11.9 Å². The molecule has 1 rings (SSSR count). The van der Waals surface area contributed by atoms with E-state index in [1.807, 2.05) is 0 Å². The lowest BCUT2D eigenvalue weighted by atomic mass is 9.98. The summed E-state index contributed by atoms with van der Waals surface area (Å²) in [6.45, 7) is 0.134. The first-order chi connectivity index (χ1) is 6.14. The van der Waals surface area contributed by atoms with E-state index >= 15 is 0 Å². The molecule has 5 heteroatoms. The highest BCUT2D eigenvalue weighted by Gasteiger charge is 2.20. The predicted octanol–water partition coefficient (Wildman–Crippen LogP) is 0.624. The summed E-state index contributed by atoms with van der Waals surface area (Å²) in [5, 5.41) is 0. The van der Waals surface area contributed by atoms with Gasteiger partial charge in [0.2, 0.25) is 0 Å². The Morgan fingerprint density at radius 2 is 1.85 bits per heavy atom. The quantitative estimate of drug-likeness (QED) is 0.686. The monoisotopic (exact) mass is 207 g/mol. The highest BCUT2D eigenvalue weighted by Crippen LogP contribution is 2.21. The summed E-state index contributed by atoms with van der Waals surface area (Å²) < 4.78 is 27.4. The van der Waals surface area contributed by atoms with Crippen molar-refractivity contribution in [2.45, 2.75) is 38.2 Å². The fraction of sp³-hybridized carbons (Fsp3) is 1.00. The summed E-state index contributed by atoms with van der Waals surface area (Å²) in [6, 6.07) is 0. The van der Waals surface area contributed by atoms with Crippen LogP contribution in [0.3, 0.4) is 0 Å². The molecule has 1 saturated carbocycles. The first-order valence-corrected chi connectivity index (χ1v) is 6.33. The molecule has 0 aromatic heterocycles. The zero-order valence-electron chi connectivity index (χ0n) is 7.74. The summed E-state index contributed by atoms with van der Waals surface area (Å²) >= 11 is 0. The van der Waals surface area contributed by atoms with Crippen molar-refractivity contribution in [1.82, 2.24) is 0 Å². The summed E-state index contributed by atoms with van der Waals surface area (Å²) in [5.74, 6) is -0.0660. The fourth-order valence-corrected chi connectivity index (χ4v) is 2.55. The van der Waals surface area contributed by atoms with E-state index in [-0.39, 0.29) is 18.4 Å². The van der Waals surface area contributed by atoms with E-state index in [0.29, 0.717) is 0 Å². The van der Waals surface area contributed by atoms with Gasteiger partial charge < -0.3 is 5.73 Å². The Morgan fingerprint density at radius 1 is 1.23 bits per heavy atom. The van der Waals surface area contributed by atoms with Crippen molar-refractivity contribution < 1.29 is 12.6 Å². The van der Waals surface area contributed by atoms with Crippen LogP contribution >= 0.6 is 0 Å². The molecule has 0 amide bonds. The second-order valence-corrected chi connectivity index (χ2v) is 5.12. The van der Waals surface area contributed by atoms with Crippen molar-refractivity contribution in [1.29, 1.82) is 0 Å². The van der Waals surface area contributed by atoms with Gasteiger partial charge in [-0.05, 0) is 12.8 Å². The molecule has 1 fully saturated rings. The third-order valence-electron chi connectivity index (χ3n) is 2.20. The van der Waals surface area contributed by atoms with E-state index in [4.69, 9.17) is 9.92 Å². The standard InChI is InChI=1S/C8H17NO3S/c9-6-7-13(10,11)12-8-4-2-1-3-5-8/h8H,1-7,9H2. The van der Waals surface area contributed by atoms with Gasteiger partial charge in [0.15, 0.2) is 0 Å². The third-order valence-corrected chi connectivity index (χ3v) is 3.50. The molecule has 13 heavy (non-hydrogen) atoms. The second kappa shape index (κ2) is 4.93. The summed E-state index contributed by atoms with van der Waals surface area (Å²) in [4.78, 5) is 0. The molecule has 0 atom stereocenters. The molecular formula is C8H17NO3S. The van der Waals surface area contributed by atoms with Gasteiger partial charge in [0.1, 0.15) is 0 Å². The predicted molar refractivity (Wildman–Crippen MR) is 50.8 cm³/mol. The van der Waals surface area contributed by atoms with Crippen LogP contribution in [0.2, 0.25) is 0 Å². The molecule has 1 aliphatic rings. The van der Waals surface area contributed by atoms with E-state index in [1.165, 1.54) is 6.42 Å². The van der Waals surface area contributed by atoms with Gasteiger partial charge in [0, 0.05) is 6.54 Å². The zero-order valence-corrected chi connectivity index (χ0v) is 8.55. The van der Waals surface area contributed by atoms with Gasteiger partial charge in [-0.3, -0.25) is 4.18 Å². The van der Waals surface area contributed by atoms with Crippen LogP contribution in [0.1, 0.15) is 32.1 Å². The maximum Gasteiger partial charge on any atom is 0.268 e. The summed E-state index contributed by atoms with van der Waals surface area (Å²) in [7, 11) is -3.36. The first-order valence-electron chi connectivity index (χ1n) is 4.75. The Bertz CT molecular complexity index is 232. The maximum absolute atomic E-state index is 11.2. The number of rotatable bonds is 4. The average molecular weight is 207 g/mol. The van der Waals surface area contributed by atoms with Crippen molar-refractivity contribution in [3.63, 3.8) is 0 Å². The molecule has 4 nitrogen and oxygen atoms in total. The van der Waals surface area contributed by atoms with Crippen molar-refractivity contribution in [3.05, 3.63) is 0 Å². The van der Waals surface area contributed by atoms with Gasteiger partial charge in [-0.15, -0.1) is 0 Å². The first kappa shape index (κ1) is 10.9. The minimum atomic E-state index is -3.36. The van der Waals surface area contributed by atoms with Gasteiger partial charge in [-0.25, -0.2) is 0 Å². The van der Waals surface area contributed by atoms with Crippen LogP contribution in [0.5, 0.6) is 0 Å². The van der Waals surface area contributed by atoms with E-state index in [1.54, 1.807) is 0 Å². The Hall–Kier alpha value is -0.130. The van der Waals surface area contributed by atoms with E-state index in [9.17, 15) is 8.42 Å². The molecule has 1 aliphatic carbocycles. The van der Waals surface area contributed by atoms with Crippen LogP contribution in [-0.4, -0.2) is 26.8 Å². The normalized spacial score (nSPS) is 20.4. The molecular weight excluding hydrogens is 190 g/mol. The van der Waals surface area contributed by atoms with Gasteiger partial charge in [-0.1, -0.05) is 19.3 Å². The molecule has 2 N–H and O–H groups in total.